The molecule has 144 valence electrons. The second-order valence-corrected chi connectivity index (χ2v) is 7.26. The standard InChI is InChI=1S/C22H30N4O/c1-2-3-4-8-15-23-22(27)19-13-16-26(17-14-19)21-12-11-20(24-25-21)18-9-6-5-7-10-18/h5-7,9-12,19H,2-4,8,13-17H2,1H3,(H,23,27). The number of amides is 1. The second kappa shape index (κ2) is 10.0. The number of benzene rings is 1. The number of anilines is 1. The highest BCUT2D eigenvalue weighted by Gasteiger charge is 2.25. The third-order valence-corrected chi connectivity index (χ3v) is 5.24. The molecular formula is C22H30N4O. The van der Waals surface area contributed by atoms with E-state index in [2.05, 4.69) is 27.3 Å². The maximum atomic E-state index is 12.3. The Labute approximate surface area is 162 Å². The molecule has 0 bridgehead atoms. The number of carbonyl (C=O) groups is 1. The summed E-state index contributed by atoms with van der Waals surface area (Å²) < 4.78 is 0. The Morgan fingerprint density at radius 1 is 1.04 bits per heavy atom. The summed E-state index contributed by atoms with van der Waals surface area (Å²) in [6.45, 7) is 4.72. The van der Waals surface area contributed by atoms with Gasteiger partial charge in [-0.15, -0.1) is 10.2 Å². The molecule has 1 aromatic heterocycles. The number of hydrogen-bond donors (Lipinski definition) is 1. The number of unbranched alkanes of at least 4 members (excludes halogenated alkanes) is 3. The maximum absolute atomic E-state index is 12.3. The average Bonchev–Trinajstić information content (AvgIpc) is 2.74. The molecule has 1 saturated heterocycles. The number of carbonyl (C=O) groups excluding carboxylic acids is 1. The van der Waals surface area contributed by atoms with Gasteiger partial charge in [-0.25, -0.2) is 0 Å². The predicted molar refractivity (Wildman–Crippen MR) is 110 cm³/mol. The molecular weight excluding hydrogens is 336 g/mol. The van der Waals surface area contributed by atoms with Crippen LogP contribution in [0.1, 0.15) is 45.4 Å². The van der Waals surface area contributed by atoms with Gasteiger partial charge in [-0.3, -0.25) is 4.79 Å². The van der Waals surface area contributed by atoms with E-state index in [1.54, 1.807) is 0 Å². The highest BCUT2D eigenvalue weighted by Crippen LogP contribution is 2.23. The van der Waals surface area contributed by atoms with Gasteiger partial charge in [0.25, 0.3) is 0 Å². The largest absolute Gasteiger partial charge is 0.356 e. The van der Waals surface area contributed by atoms with Crippen molar-refractivity contribution in [3.8, 4) is 11.3 Å². The third-order valence-electron chi connectivity index (χ3n) is 5.24. The van der Waals surface area contributed by atoms with Crippen LogP contribution >= 0.6 is 0 Å². The highest BCUT2D eigenvalue weighted by atomic mass is 16.1. The SMILES string of the molecule is CCCCCCNC(=O)C1CCN(c2ccc(-c3ccccc3)nn2)CC1. The van der Waals surface area contributed by atoms with E-state index < -0.39 is 0 Å². The topological polar surface area (TPSA) is 58.1 Å². The Hall–Kier alpha value is -2.43. The predicted octanol–water partition coefficient (Wildman–Crippen LogP) is 4.06. The first-order chi connectivity index (χ1) is 13.3. The van der Waals surface area contributed by atoms with E-state index in [4.69, 9.17) is 0 Å². The van der Waals surface area contributed by atoms with Crippen LogP contribution in [0, 0.1) is 5.92 Å². The van der Waals surface area contributed by atoms with Gasteiger partial charge in [0.05, 0.1) is 5.69 Å². The fraction of sp³-hybridized carbons (Fsp3) is 0.500. The number of piperidine rings is 1. The number of nitrogens with one attached hydrogen (secondary N) is 1. The lowest BCUT2D eigenvalue weighted by Crippen LogP contribution is -2.41. The van der Waals surface area contributed by atoms with Gasteiger partial charge in [0, 0.05) is 31.1 Å². The zero-order valence-electron chi connectivity index (χ0n) is 16.2. The van der Waals surface area contributed by atoms with E-state index in [-0.39, 0.29) is 11.8 Å². The van der Waals surface area contributed by atoms with Gasteiger partial charge in [-0.1, -0.05) is 56.5 Å². The van der Waals surface area contributed by atoms with Gasteiger partial charge < -0.3 is 10.2 Å². The molecule has 5 nitrogen and oxygen atoms in total. The minimum Gasteiger partial charge on any atom is -0.356 e. The molecule has 0 spiro atoms. The molecule has 1 N–H and O–H groups in total. The fourth-order valence-corrected chi connectivity index (χ4v) is 3.54. The summed E-state index contributed by atoms with van der Waals surface area (Å²) in [6, 6.07) is 14.1. The zero-order chi connectivity index (χ0) is 18.9. The molecule has 1 fully saturated rings. The van der Waals surface area contributed by atoms with Crippen molar-refractivity contribution >= 4 is 11.7 Å². The van der Waals surface area contributed by atoms with Crippen molar-refractivity contribution in [2.24, 2.45) is 5.92 Å². The molecule has 2 heterocycles. The smallest absolute Gasteiger partial charge is 0.223 e. The molecule has 0 aliphatic carbocycles. The van der Waals surface area contributed by atoms with Gasteiger partial charge in [-0.05, 0) is 31.4 Å². The highest BCUT2D eigenvalue weighted by molar-refractivity contribution is 5.78. The van der Waals surface area contributed by atoms with Crippen LogP contribution in [-0.2, 0) is 4.79 Å². The van der Waals surface area contributed by atoms with Crippen LogP contribution in [0.5, 0.6) is 0 Å². The molecule has 1 aromatic carbocycles. The summed E-state index contributed by atoms with van der Waals surface area (Å²) in [7, 11) is 0. The first-order valence-electron chi connectivity index (χ1n) is 10.2. The second-order valence-electron chi connectivity index (χ2n) is 7.26. The number of aromatic nitrogens is 2. The number of hydrogen-bond acceptors (Lipinski definition) is 4. The van der Waals surface area contributed by atoms with Crippen molar-refractivity contribution in [2.75, 3.05) is 24.5 Å². The fourth-order valence-electron chi connectivity index (χ4n) is 3.54. The first-order valence-corrected chi connectivity index (χ1v) is 10.2. The summed E-state index contributed by atoms with van der Waals surface area (Å²) >= 11 is 0. The Morgan fingerprint density at radius 3 is 2.48 bits per heavy atom. The molecule has 0 atom stereocenters. The Balaban J connectivity index is 1.45. The van der Waals surface area contributed by atoms with Crippen LogP contribution in [0.2, 0.25) is 0 Å². The van der Waals surface area contributed by atoms with Crippen LogP contribution in [0.25, 0.3) is 11.3 Å². The molecule has 3 rings (SSSR count). The molecule has 0 unspecified atom stereocenters. The summed E-state index contributed by atoms with van der Waals surface area (Å²) in [5.41, 5.74) is 1.96. The molecule has 27 heavy (non-hydrogen) atoms. The molecule has 1 aliphatic rings. The molecule has 5 heteroatoms. The van der Waals surface area contributed by atoms with Gasteiger partial charge in [0.15, 0.2) is 5.82 Å². The van der Waals surface area contributed by atoms with Crippen molar-refractivity contribution < 1.29 is 4.79 Å². The molecule has 0 radical (unpaired) electrons. The lowest BCUT2D eigenvalue weighted by atomic mass is 9.96. The van der Waals surface area contributed by atoms with Crippen LogP contribution < -0.4 is 10.2 Å². The van der Waals surface area contributed by atoms with Gasteiger partial charge >= 0.3 is 0 Å². The van der Waals surface area contributed by atoms with E-state index in [1.165, 1.54) is 19.3 Å². The van der Waals surface area contributed by atoms with Crippen molar-refractivity contribution in [1.29, 1.82) is 0 Å². The van der Waals surface area contributed by atoms with Gasteiger partial charge in [0.1, 0.15) is 0 Å². The summed E-state index contributed by atoms with van der Waals surface area (Å²) in [6.07, 6.45) is 6.51. The lowest BCUT2D eigenvalue weighted by molar-refractivity contribution is -0.125. The molecule has 1 aliphatic heterocycles. The van der Waals surface area contributed by atoms with E-state index in [9.17, 15) is 4.79 Å². The minimum atomic E-state index is 0.129. The van der Waals surface area contributed by atoms with Gasteiger partial charge in [-0.2, -0.15) is 0 Å². The minimum absolute atomic E-state index is 0.129. The first kappa shape index (κ1) is 19.3. The van der Waals surface area contributed by atoms with Crippen LogP contribution in [0.4, 0.5) is 5.82 Å². The quantitative estimate of drug-likeness (QED) is 0.716. The van der Waals surface area contributed by atoms with Crippen LogP contribution in [-0.4, -0.2) is 35.7 Å². The van der Waals surface area contributed by atoms with E-state index in [0.717, 1.165) is 56.0 Å². The lowest BCUT2D eigenvalue weighted by Gasteiger charge is -2.31. The summed E-state index contributed by atoms with van der Waals surface area (Å²) in [5.74, 6) is 1.24. The Kier molecular flexibility index (Phi) is 7.19. The number of nitrogens with zero attached hydrogens (tertiary/aromatic N) is 3. The number of rotatable bonds is 8. The monoisotopic (exact) mass is 366 g/mol. The average molecular weight is 367 g/mol. The molecule has 2 aromatic rings. The van der Waals surface area contributed by atoms with Crippen LogP contribution in [0.3, 0.4) is 0 Å². The maximum Gasteiger partial charge on any atom is 0.223 e. The molecule has 0 saturated carbocycles. The molecule has 1 amide bonds. The van der Waals surface area contributed by atoms with Crippen molar-refractivity contribution in [3.05, 3.63) is 42.5 Å². The summed E-state index contributed by atoms with van der Waals surface area (Å²) in [4.78, 5) is 14.5. The van der Waals surface area contributed by atoms with Crippen molar-refractivity contribution in [3.63, 3.8) is 0 Å². The van der Waals surface area contributed by atoms with E-state index in [0.29, 0.717) is 0 Å². The van der Waals surface area contributed by atoms with E-state index in [1.807, 2.05) is 42.5 Å². The Bertz CT molecular complexity index is 694. The third kappa shape index (κ3) is 5.52. The summed E-state index contributed by atoms with van der Waals surface area (Å²) in [5, 5.41) is 11.9. The Morgan fingerprint density at radius 2 is 1.81 bits per heavy atom. The normalized spacial score (nSPS) is 14.9. The van der Waals surface area contributed by atoms with Crippen molar-refractivity contribution in [1.82, 2.24) is 15.5 Å². The zero-order valence-corrected chi connectivity index (χ0v) is 16.2. The van der Waals surface area contributed by atoms with Gasteiger partial charge in [0.2, 0.25) is 5.91 Å². The van der Waals surface area contributed by atoms with E-state index >= 15 is 0 Å². The van der Waals surface area contributed by atoms with Crippen LogP contribution in [0.15, 0.2) is 42.5 Å². The van der Waals surface area contributed by atoms with Crippen molar-refractivity contribution in [2.45, 2.75) is 45.4 Å².